The molecule has 0 unspecified atom stereocenters. The van der Waals surface area contributed by atoms with E-state index in [1.165, 1.54) is 0 Å². The van der Waals surface area contributed by atoms with Crippen LogP contribution < -0.4 is 5.32 Å². The molecular weight excluding hydrogens is 328 g/mol. The molecule has 19 heavy (non-hydrogen) atoms. The second kappa shape index (κ2) is 5.79. The van der Waals surface area contributed by atoms with E-state index in [0.29, 0.717) is 16.3 Å². The van der Waals surface area contributed by atoms with Crippen LogP contribution in [-0.4, -0.2) is 10.9 Å². The summed E-state index contributed by atoms with van der Waals surface area (Å²) in [4.78, 5) is 16.8. The predicted octanol–water partition coefficient (Wildman–Crippen LogP) is 3.27. The van der Waals surface area contributed by atoms with Gasteiger partial charge in [-0.15, -0.1) is 12.6 Å². The number of halogens is 1. The molecule has 6 heteroatoms. The first-order valence-corrected chi connectivity index (χ1v) is 6.91. The molecule has 1 N–H and O–H groups in total. The van der Waals surface area contributed by atoms with Gasteiger partial charge >= 0.3 is 0 Å². The molecule has 4 nitrogen and oxygen atoms in total. The number of amides is 1. The van der Waals surface area contributed by atoms with Gasteiger partial charge in [-0.05, 0) is 32.0 Å². The third-order valence-electron chi connectivity index (χ3n) is 2.68. The van der Waals surface area contributed by atoms with Crippen LogP contribution in [0.1, 0.15) is 27.7 Å². The zero-order chi connectivity index (χ0) is 14.0. The van der Waals surface area contributed by atoms with Crippen molar-refractivity contribution >= 4 is 34.5 Å². The lowest BCUT2D eigenvalue weighted by molar-refractivity contribution is 0.0944. The summed E-state index contributed by atoms with van der Waals surface area (Å²) in [5, 5.41) is 2.76. The maximum atomic E-state index is 12.0. The Morgan fingerprint density at radius 2 is 2.21 bits per heavy atom. The van der Waals surface area contributed by atoms with Gasteiger partial charge in [-0.3, -0.25) is 4.79 Å². The van der Waals surface area contributed by atoms with Crippen molar-refractivity contribution in [1.29, 1.82) is 0 Å². The van der Waals surface area contributed by atoms with Crippen LogP contribution in [-0.2, 0) is 6.54 Å². The summed E-state index contributed by atoms with van der Waals surface area (Å²) in [5.41, 5.74) is 1.36. The zero-order valence-corrected chi connectivity index (χ0v) is 13.0. The first-order valence-electron chi connectivity index (χ1n) is 5.67. The van der Waals surface area contributed by atoms with Crippen LogP contribution >= 0.6 is 28.6 Å². The summed E-state index contributed by atoms with van der Waals surface area (Å²) < 4.78 is 6.28. The highest BCUT2D eigenvalue weighted by Gasteiger charge is 2.11. The number of thiol groups is 1. The minimum atomic E-state index is -0.203. The molecular formula is C13H13BrN2O2S. The van der Waals surface area contributed by atoms with Gasteiger partial charge in [0.15, 0.2) is 0 Å². The Morgan fingerprint density at radius 1 is 1.47 bits per heavy atom. The first kappa shape index (κ1) is 14.1. The van der Waals surface area contributed by atoms with Crippen molar-refractivity contribution in [2.45, 2.75) is 25.3 Å². The van der Waals surface area contributed by atoms with Crippen LogP contribution in [0, 0.1) is 13.8 Å². The molecule has 1 aromatic carbocycles. The van der Waals surface area contributed by atoms with E-state index >= 15 is 0 Å². The molecule has 0 aliphatic carbocycles. The number of nitrogens with one attached hydrogen (secondary N) is 1. The van der Waals surface area contributed by atoms with Crippen molar-refractivity contribution in [3.05, 3.63) is 45.6 Å². The average molecular weight is 341 g/mol. The number of benzene rings is 1. The number of carbonyl (C=O) groups is 1. The number of aryl methyl sites for hydroxylation is 2. The maximum Gasteiger partial charge on any atom is 0.252 e. The van der Waals surface area contributed by atoms with E-state index in [2.05, 4.69) is 38.9 Å². The van der Waals surface area contributed by atoms with Gasteiger partial charge in [-0.1, -0.05) is 15.9 Å². The molecule has 2 aromatic rings. The van der Waals surface area contributed by atoms with Gasteiger partial charge < -0.3 is 9.73 Å². The summed E-state index contributed by atoms with van der Waals surface area (Å²) in [6.07, 6.45) is 0. The Morgan fingerprint density at radius 3 is 2.79 bits per heavy atom. The summed E-state index contributed by atoms with van der Waals surface area (Å²) >= 11 is 7.60. The second-order valence-electron chi connectivity index (χ2n) is 4.09. The number of hydrogen-bond acceptors (Lipinski definition) is 4. The number of oxazole rings is 1. The van der Waals surface area contributed by atoms with Gasteiger partial charge in [0.1, 0.15) is 5.76 Å². The minimum absolute atomic E-state index is 0.203. The highest BCUT2D eigenvalue weighted by molar-refractivity contribution is 9.10. The molecule has 0 radical (unpaired) electrons. The molecule has 0 atom stereocenters. The van der Waals surface area contributed by atoms with E-state index in [9.17, 15) is 4.79 Å². The van der Waals surface area contributed by atoms with Crippen LogP contribution in [0.5, 0.6) is 0 Å². The topological polar surface area (TPSA) is 55.1 Å². The molecule has 0 aliphatic rings. The molecule has 0 spiro atoms. The van der Waals surface area contributed by atoms with Gasteiger partial charge in [0.25, 0.3) is 5.91 Å². The minimum Gasteiger partial charge on any atom is -0.444 e. The lowest BCUT2D eigenvalue weighted by Crippen LogP contribution is -2.23. The predicted molar refractivity (Wildman–Crippen MR) is 78.5 cm³/mol. The van der Waals surface area contributed by atoms with Gasteiger partial charge in [0.05, 0.1) is 17.8 Å². The van der Waals surface area contributed by atoms with Gasteiger partial charge in [0, 0.05) is 9.37 Å². The maximum absolute atomic E-state index is 12.0. The Kier molecular flexibility index (Phi) is 4.31. The van der Waals surface area contributed by atoms with Gasteiger partial charge in [-0.2, -0.15) is 0 Å². The molecule has 1 aromatic heterocycles. The fraction of sp³-hybridized carbons (Fsp3) is 0.231. The fourth-order valence-corrected chi connectivity index (χ4v) is 2.42. The van der Waals surface area contributed by atoms with E-state index in [-0.39, 0.29) is 12.5 Å². The number of hydrogen-bond donors (Lipinski definition) is 2. The van der Waals surface area contributed by atoms with E-state index in [1.54, 1.807) is 18.2 Å². The Balaban J connectivity index is 2.05. The molecule has 0 aliphatic heterocycles. The Labute approximate surface area is 125 Å². The second-order valence-corrected chi connectivity index (χ2v) is 5.49. The molecule has 0 bridgehead atoms. The van der Waals surface area contributed by atoms with E-state index in [0.717, 1.165) is 15.9 Å². The van der Waals surface area contributed by atoms with Gasteiger partial charge in [0.2, 0.25) is 5.89 Å². The lowest BCUT2D eigenvalue weighted by Gasteiger charge is -2.05. The summed E-state index contributed by atoms with van der Waals surface area (Å²) in [7, 11) is 0. The lowest BCUT2D eigenvalue weighted by atomic mass is 10.2. The van der Waals surface area contributed by atoms with Crippen LogP contribution in [0.2, 0.25) is 0 Å². The normalized spacial score (nSPS) is 10.5. The SMILES string of the molecule is Cc1nc(CNC(=O)c2ccc(Br)cc2S)oc1C. The number of carbonyl (C=O) groups excluding carboxylic acids is 1. The zero-order valence-electron chi connectivity index (χ0n) is 10.5. The van der Waals surface area contributed by atoms with Crippen molar-refractivity contribution in [3.8, 4) is 0 Å². The van der Waals surface area contributed by atoms with Crippen molar-refractivity contribution in [2.24, 2.45) is 0 Å². The van der Waals surface area contributed by atoms with Crippen LogP contribution in [0.25, 0.3) is 0 Å². The molecule has 2 rings (SSSR count). The molecule has 0 fully saturated rings. The molecule has 100 valence electrons. The number of rotatable bonds is 3. The van der Waals surface area contributed by atoms with Crippen molar-refractivity contribution in [3.63, 3.8) is 0 Å². The standard InChI is InChI=1S/C13H13BrN2O2S/c1-7-8(2)18-12(16-7)6-15-13(17)10-4-3-9(14)5-11(10)19/h3-5,19H,6H2,1-2H3,(H,15,17). The Hall–Kier alpha value is -1.27. The summed E-state index contributed by atoms with van der Waals surface area (Å²) in [5.74, 6) is 1.06. The summed E-state index contributed by atoms with van der Waals surface area (Å²) in [6.45, 7) is 3.97. The molecule has 0 saturated heterocycles. The largest absolute Gasteiger partial charge is 0.444 e. The first-order chi connectivity index (χ1) is 8.97. The highest BCUT2D eigenvalue weighted by Crippen LogP contribution is 2.19. The van der Waals surface area contributed by atoms with Gasteiger partial charge in [-0.25, -0.2) is 4.98 Å². The van der Waals surface area contributed by atoms with E-state index in [1.807, 2.05) is 13.8 Å². The van der Waals surface area contributed by atoms with Crippen LogP contribution in [0.3, 0.4) is 0 Å². The monoisotopic (exact) mass is 340 g/mol. The van der Waals surface area contributed by atoms with Crippen molar-refractivity contribution < 1.29 is 9.21 Å². The smallest absolute Gasteiger partial charge is 0.252 e. The highest BCUT2D eigenvalue weighted by atomic mass is 79.9. The number of aromatic nitrogens is 1. The molecule has 1 heterocycles. The third-order valence-corrected chi connectivity index (χ3v) is 3.54. The number of nitrogens with zero attached hydrogens (tertiary/aromatic N) is 1. The van der Waals surface area contributed by atoms with Crippen LogP contribution in [0.15, 0.2) is 32.0 Å². The van der Waals surface area contributed by atoms with E-state index in [4.69, 9.17) is 4.42 Å². The van der Waals surface area contributed by atoms with Crippen molar-refractivity contribution in [2.75, 3.05) is 0 Å². The summed E-state index contributed by atoms with van der Waals surface area (Å²) in [6, 6.07) is 5.29. The van der Waals surface area contributed by atoms with E-state index < -0.39 is 0 Å². The average Bonchev–Trinajstić information content (AvgIpc) is 2.66. The van der Waals surface area contributed by atoms with Crippen LogP contribution in [0.4, 0.5) is 0 Å². The molecule has 1 amide bonds. The molecule has 0 saturated carbocycles. The quantitative estimate of drug-likeness (QED) is 0.843. The fourth-order valence-electron chi connectivity index (χ4n) is 1.56. The van der Waals surface area contributed by atoms with Crippen molar-refractivity contribution in [1.82, 2.24) is 10.3 Å². The third kappa shape index (κ3) is 3.39. The Bertz CT molecular complexity index is 606.